The molecule has 0 unspecified atom stereocenters. The monoisotopic (exact) mass is 413 g/mol. The van der Waals surface area contributed by atoms with Gasteiger partial charge in [0.15, 0.2) is 5.16 Å². The van der Waals surface area contributed by atoms with Gasteiger partial charge in [-0.15, -0.1) is 6.58 Å². The average Bonchev–Trinajstić information content (AvgIpc) is 2.70. The number of hydrogen-bond donors (Lipinski definition) is 1. The van der Waals surface area contributed by atoms with E-state index in [1.807, 2.05) is 30.3 Å². The second kappa shape index (κ2) is 9.08. The predicted molar refractivity (Wildman–Crippen MR) is 115 cm³/mol. The fourth-order valence-corrected chi connectivity index (χ4v) is 3.81. The van der Waals surface area contributed by atoms with Crippen LogP contribution in [0.3, 0.4) is 0 Å². The van der Waals surface area contributed by atoms with Crippen molar-refractivity contribution >= 4 is 40.2 Å². The molecule has 144 valence electrons. The van der Waals surface area contributed by atoms with E-state index in [9.17, 15) is 9.59 Å². The lowest BCUT2D eigenvalue weighted by atomic mass is 10.2. The van der Waals surface area contributed by atoms with Crippen molar-refractivity contribution in [1.29, 1.82) is 0 Å². The quantitative estimate of drug-likeness (QED) is 0.361. The van der Waals surface area contributed by atoms with Crippen molar-refractivity contribution < 1.29 is 4.79 Å². The van der Waals surface area contributed by atoms with Crippen LogP contribution in [0.5, 0.6) is 0 Å². The molecule has 3 aromatic rings. The molecule has 2 aromatic carbocycles. The van der Waals surface area contributed by atoms with Gasteiger partial charge in [0.2, 0.25) is 5.91 Å². The van der Waals surface area contributed by atoms with Crippen LogP contribution in [0, 0.1) is 0 Å². The third kappa shape index (κ3) is 4.64. The number of carbonyl (C=O) groups excluding carboxylic acids is 1. The van der Waals surface area contributed by atoms with E-state index in [1.165, 1.54) is 16.3 Å². The molecule has 1 aromatic heterocycles. The van der Waals surface area contributed by atoms with Gasteiger partial charge in [0.1, 0.15) is 0 Å². The van der Waals surface area contributed by atoms with Crippen molar-refractivity contribution in [3.63, 3.8) is 0 Å². The second-order valence-corrected chi connectivity index (χ2v) is 7.97. The summed E-state index contributed by atoms with van der Waals surface area (Å²) in [6.45, 7) is 6.26. The Bertz CT molecular complexity index is 1070. The summed E-state index contributed by atoms with van der Waals surface area (Å²) < 4.78 is 1.51. The molecule has 1 N–H and O–H groups in total. The zero-order chi connectivity index (χ0) is 20.1. The van der Waals surface area contributed by atoms with E-state index in [-0.39, 0.29) is 11.5 Å². The fraction of sp³-hybridized carbons (Fsp3) is 0.190. The number of carbonyl (C=O) groups is 1. The zero-order valence-corrected chi connectivity index (χ0v) is 17.0. The van der Waals surface area contributed by atoms with Gasteiger partial charge in [-0.3, -0.25) is 14.2 Å². The number of aromatic nitrogens is 2. The summed E-state index contributed by atoms with van der Waals surface area (Å²) in [5.41, 5.74) is 1.37. The Kier molecular flexibility index (Phi) is 6.54. The molecule has 1 amide bonds. The third-order valence-electron chi connectivity index (χ3n) is 4.15. The van der Waals surface area contributed by atoms with E-state index in [4.69, 9.17) is 11.6 Å². The summed E-state index contributed by atoms with van der Waals surface area (Å²) in [6, 6.07) is 14.7. The van der Waals surface area contributed by atoms with Crippen LogP contribution in [-0.2, 0) is 17.9 Å². The first-order valence-corrected chi connectivity index (χ1v) is 10.0. The minimum Gasteiger partial charge on any atom is -0.351 e. The van der Waals surface area contributed by atoms with Crippen LogP contribution in [0.25, 0.3) is 10.9 Å². The maximum absolute atomic E-state index is 12.9. The highest BCUT2D eigenvalue weighted by molar-refractivity contribution is 8.00. The molecule has 7 heteroatoms. The van der Waals surface area contributed by atoms with E-state index < -0.39 is 5.25 Å². The molecule has 0 radical (unpaired) electrons. The highest BCUT2D eigenvalue weighted by atomic mass is 35.5. The molecule has 5 nitrogen and oxygen atoms in total. The lowest BCUT2D eigenvalue weighted by Crippen LogP contribution is -2.31. The Morgan fingerprint density at radius 1 is 1.32 bits per heavy atom. The normalized spacial score (nSPS) is 11.9. The highest BCUT2D eigenvalue weighted by Gasteiger charge is 2.19. The average molecular weight is 414 g/mol. The topological polar surface area (TPSA) is 64.0 Å². The Hall–Kier alpha value is -2.57. The molecule has 0 fully saturated rings. The van der Waals surface area contributed by atoms with Crippen molar-refractivity contribution in [1.82, 2.24) is 14.9 Å². The Balaban J connectivity index is 1.82. The van der Waals surface area contributed by atoms with E-state index in [1.54, 1.807) is 31.2 Å². The second-order valence-electron chi connectivity index (χ2n) is 6.22. The van der Waals surface area contributed by atoms with Crippen molar-refractivity contribution in [3.05, 3.63) is 82.1 Å². The van der Waals surface area contributed by atoms with Gasteiger partial charge >= 0.3 is 0 Å². The van der Waals surface area contributed by atoms with Gasteiger partial charge in [-0.2, -0.15) is 0 Å². The Morgan fingerprint density at radius 2 is 2.07 bits per heavy atom. The number of fused-ring (bicyclic) bond motifs is 1. The summed E-state index contributed by atoms with van der Waals surface area (Å²) in [5.74, 6) is -0.121. The molecule has 0 saturated heterocycles. The predicted octanol–water partition coefficient (Wildman–Crippen LogP) is 4.03. The first kappa shape index (κ1) is 20.2. The van der Waals surface area contributed by atoms with Gasteiger partial charge in [-0.25, -0.2) is 4.98 Å². The first-order chi connectivity index (χ1) is 13.5. The van der Waals surface area contributed by atoms with Crippen molar-refractivity contribution in [2.75, 3.05) is 0 Å². The van der Waals surface area contributed by atoms with Crippen LogP contribution in [0.4, 0.5) is 0 Å². The number of benzene rings is 2. The minimum absolute atomic E-state index is 0.121. The van der Waals surface area contributed by atoms with Crippen molar-refractivity contribution in [3.8, 4) is 0 Å². The molecular formula is C21H20ClN3O2S. The van der Waals surface area contributed by atoms with Gasteiger partial charge in [-0.05, 0) is 30.7 Å². The van der Waals surface area contributed by atoms with Crippen LogP contribution >= 0.6 is 23.4 Å². The molecule has 0 aliphatic rings. The first-order valence-electron chi connectivity index (χ1n) is 8.79. The molecular weight excluding hydrogens is 394 g/mol. The standard InChI is InChI=1S/C21H20ClN3O2S/c1-3-11-25-20(27)17-12-16(22)9-10-18(17)24-21(25)28-14(2)19(26)23-13-15-7-5-4-6-8-15/h3-10,12,14H,1,11,13H2,2H3,(H,23,26)/t14-/m0/s1. The van der Waals surface area contributed by atoms with Gasteiger partial charge < -0.3 is 5.32 Å². The molecule has 28 heavy (non-hydrogen) atoms. The van der Waals surface area contributed by atoms with Gasteiger partial charge in [0, 0.05) is 18.1 Å². The number of rotatable bonds is 7. The largest absolute Gasteiger partial charge is 0.351 e. The lowest BCUT2D eigenvalue weighted by molar-refractivity contribution is -0.120. The summed E-state index contributed by atoms with van der Waals surface area (Å²) in [5, 5.41) is 3.89. The van der Waals surface area contributed by atoms with E-state index in [2.05, 4.69) is 16.9 Å². The smallest absolute Gasteiger partial charge is 0.262 e. The fourth-order valence-electron chi connectivity index (χ4n) is 2.69. The number of thioether (sulfide) groups is 1. The molecule has 1 atom stereocenters. The van der Waals surface area contributed by atoms with Gasteiger partial charge in [-0.1, -0.05) is 59.8 Å². The van der Waals surface area contributed by atoms with Crippen molar-refractivity contribution in [2.45, 2.75) is 30.4 Å². The summed E-state index contributed by atoms with van der Waals surface area (Å²) >= 11 is 7.26. The van der Waals surface area contributed by atoms with Crippen LogP contribution in [0.2, 0.25) is 5.02 Å². The number of allylic oxidation sites excluding steroid dienone is 1. The third-order valence-corrected chi connectivity index (χ3v) is 5.48. The van der Waals surface area contributed by atoms with Crippen molar-refractivity contribution in [2.24, 2.45) is 0 Å². The summed E-state index contributed by atoms with van der Waals surface area (Å²) in [7, 11) is 0. The van der Waals surface area contributed by atoms with Gasteiger partial charge in [0.05, 0.1) is 16.2 Å². The number of halogens is 1. The molecule has 1 heterocycles. The van der Waals surface area contributed by atoms with Crippen LogP contribution in [-0.4, -0.2) is 20.7 Å². The molecule has 0 aliphatic carbocycles. The van der Waals surface area contributed by atoms with Crippen LogP contribution < -0.4 is 10.9 Å². The van der Waals surface area contributed by atoms with Crippen LogP contribution in [0.1, 0.15) is 12.5 Å². The molecule has 0 spiro atoms. The highest BCUT2D eigenvalue weighted by Crippen LogP contribution is 2.24. The zero-order valence-electron chi connectivity index (χ0n) is 15.4. The Morgan fingerprint density at radius 3 is 2.79 bits per heavy atom. The SMILES string of the molecule is C=CCn1c(S[C@@H](C)C(=O)NCc2ccccc2)nc2ccc(Cl)cc2c1=O. The molecule has 0 bridgehead atoms. The maximum atomic E-state index is 12.9. The number of amides is 1. The van der Waals surface area contributed by atoms with E-state index >= 15 is 0 Å². The van der Waals surface area contributed by atoms with Crippen LogP contribution in [0.15, 0.2) is 71.1 Å². The number of nitrogens with zero attached hydrogens (tertiary/aromatic N) is 2. The molecule has 3 rings (SSSR count). The summed E-state index contributed by atoms with van der Waals surface area (Å²) in [4.78, 5) is 29.9. The molecule has 0 saturated carbocycles. The lowest BCUT2D eigenvalue weighted by Gasteiger charge is -2.15. The van der Waals surface area contributed by atoms with Gasteiger partial charge in [0.25, 0.3) is 5.56 Å². The molecule has 0 aliphatic heterocycles. The summed E-state index contributed by atoms with van der Waals surface area (Å²) in [6.07, 6.45) is 1.63. The maximum Gasteiger partial charge on any atom is 0.262 e. The Labute approximate surface area is 172 Å². The van der Waals surface area contributed by atoms with E-state index in [0.717, 1.165) is 5.56 Å². The number of hydrogen-bond acceptors (Lipinski definition) is 4. The minimum atomic E-state index is -0.420. The van der Waals surface area contributed by atoms with E-state index in [0.29, 0.717) is 34.2 Å². The number of nitrogens with one attached hydrogen (secondary N) is 1.